The SMILES string of the molecule is NC(COCc1ccccc1)C(=O)NCCc1c[nH]cn1. The molecule has 6 nitrogen and oxygen atoms in total. The zero-order valence-corrected chi connectivity index (χ0v) is 11.8. The Hall–Kier alpha value is -2.18. The van der Waals surface area contributed by atoms with Gasteiger partial charge >= 0.3 is 0 Å². The van der Waals surface area contributed by atoms with Gasteiger partial charge in [-0.3, -0.25) is 4.79 Å². The molecule has 2 aromatic rings. The number of nitrogens with one attached hydrogen (secondary N) is 2. The molecular formula is C15H20N4O2. The predicted octanol–water partition coefficient (Wildman–Crippen LogP) is 0.612. The number of carbonyl (C=O) groups is 1. The Morgan fingerprint density at radius 1 is 1.38 bits per heavy atom. The Morgan fingerprint density at radius 3 is 2.90 bits per heavy atom. The van der Waals surface area contributed by atoms with Crippen molar-refractivity contribution in [2.45, 2.75) is 19.1 Å². The molecule has 1 atom stereocenters. The van der Waals surface area contributed by atoms with Crippen LogP contribution in [0.4, 0.5) is 0 Å². The smallest absolute Gasteiger partial charge is 0.239 e. The summed E-state index contributed by atoms with van der Waals surface area (Å²) in [6, 6.07) is 9.11. The summed E-state index contributed by atoms with van der Waals surface area (Å²) in [5.74, 6) is -0.210. The predicted molar refractivity (Wildman–Crippen MR) is 79.4 cm³/mol. The first kappa shape index (κ1) is 15.2. The molecule has 21 heavy (non-hydrogen) atoms. The Labute approximate surface area is 123 Å². The van der Waals surface area contributed by atoms with Crippen molar-refractivity contribution < 1.29 is 9.53 Å². The van der Waals surface area contributed by atoms with Gasteiger partial charge in [0.05, 0.1) is 25.2 Å². The van der Waals surface area contributed by atoms with Crippen LogP contribution in [0.5, 0.6) is 0 Å². The van der Waals surface area contributed by atoms with Gasteiger partial charge < -0.3 is 20.8 Å². The van der Waals surface area contributed by atoms with E-state index in [9.17, 15) is 4.79 Å². The molecule has 6 heteroatoms. The molecule has 0 spiro atoms. The third-order valence-corrected chi connectivity index (χ3v) is 2.98. The van der Waals surface area contributed by atoms with Gasteiger partial charge in [0.15, 0.2) is 0 Å². The highest BCUT2D eigenvalue weighted by atomic mass is 16.5. The van der Waals surface area contributed by atoms with E-state index >= 15 is 0 Å². The maximum absolute atomic E-state index is 11.8. The first-order chi connectivity index (χ1) is 10.3. The molecule has 2 rings (SSSR count). The van der Waals surface area contributed by atoms with Crippen molar-refractivity contribution in [1.29, 1.82) is 0 Å². The van der Waals surface area contributed by atoms with Gasteiger partial charge in [0.1, 0.15) is 6.04 Å². The summed E-state index contributed by atoms with van der Waals surface area (Å²) in [5.41, 5.74) is 7.75. The number of H-pyrrole nitrogens is 1. The van der Waals surface area contributed by atoms with Crippen LogP contribution in [0.2, 0.25) is 0 Å². The molecule has 0 saturated carbocycles. The quantitative estimate of drug-likeness (QED) is 0.663. The number of hydrogen-bond donors (Lipinski definition) is 3. The summed E-state index contributed by atoms with van der Waals surface area (Å²) in [7, 11) is 0. The summed E-state index contributed by atoms with van der Waals surface area (Å²) < 4.78 is 5.45. The van der Waals surface area contributed by atoms with Crippen LogP contribution in [-0.4, -0.2) is 35.1 Å². The second-order valence-corrected chi connectivity index (χ2v) is 4.71. The molecule has 0 aliphatic heterocycles. The number of nitrogens with two attached hydrogens (primary N) is 1. The Bertz CT molecular complexity index is 528. The highest BCUT2D eigenvalue weighted by molar-refractivity contribution is 5.81. The van der Waals surface area contributed by atoms with Crippen LogP contribution in [0.25, 0.3) is 0 Å². The van der Waals surface area contributed by atoms with Crippen molar-refractivity contribution in [2.75, 3.05) is 13.2 Å². The Balaban J connectivity index is 1.61. The number of aromatic nitrogens is 2. The fourth-order valence-electron chi connectivity index (χ4n) is 1.83. The second-order valence-electron chi connectivity index (χ2n) is 4.71. The lowest BCUT2D eigenvalue weighted by Gasteiger charge is -2.12. The number of hydrogen-bond acceptors (Lipinski definition) is 4. The first-order valence-electron chi connectivity index (χ1n) is 6.88. The average Bonchev–Trinajstić information content (AvgIpc) is 3.01. The van der Waals surface area contributed by atoms with Gasteiger partial charge in [0.25, 0.3) is 0 Å². The molecule has 1 aromatic heterocycles. The molecule has 0 aliphatic carbocycles. The summed E-state index contributed by atoms with van der Waals surface area (Å²) in [6.07, 6.45) is 4.09. The van der Waals surface area contributed by atoms with Gasteiger partial charge in [-0.05, 0) is 5.56 Å². The molecule has 0 aliphatic rings. The second kappa shape index (κ2) is 8.18. The Kier molecular flexibility index (Phi) is 5.93. The third kappa shape index (κ3) is 5.37. The van der Waals surface area contributed by atoms with Crippen molar-refractivity contribution in [3.63, 3.8) is 0 Å². The molecule has 0 saturated heterocycles. The first-order valence-corrected chi connectivity index (χ1v) is 6.88. The normalized spacial score (nSPS) is 12.0. The van der Waals surface area contributed by atoms with E-state index < -0.39 is 6.04 Å². The molecule has 0 radical (unpaired) electrons. The highest BCUT2D eigenvalue weighted by Crippen LogP contribution is 2.00. The fraction of sp³-hybridized carbons (Fsp3) is 0.333. The van der Waals surface area contributed by atoms with Gasteiger partial charge in [0.2, 0.25) is 5.91 Å². The molecule has 112 valence electrons. The van der Waals surface area contributed by atoms with Crippen molar-refractivity contribution in [2.24, 2.45) is 5.73 Å². The third-order valence-electron chi connectivity index (χ3n) is 2.98. The molecule has 1 heterocycles. The molecule has 1 unspecified atom stereocenters. The van der Waals surface area contributed by atoms with Crippen molar-refractivity contribution in [3.05, 3.63) is 54.1 Å². The minimum atomic E-state index is -0.659. The van der Waals surface area contributed by atoms with Crippen LogP contribution in [-0.2, 0) is 22.6 Å². The maximum Gasteiger partial charge on any atom is 0.239 e. The van der Waals surface area contributed by atoms with Crippen LogP contribution in [0.15, 0.2) is 42.9 Å². The zero-order valence-electron chi connectivity index (χ0n) is 11.8. The molecule has 1 amide bonds. The molecule has 1 aromatic carbocycles. The summed E-state index contributed by atoms with van der Waals surface area (Å²) in [6.45, 7) is 1.16. The highest BCUT2D eigenvalue weighted by Gasteiger charge is 2.13. The van der Waals surface area contributed by atoms with E-state index in [4.69, 9.17) is 10.5 Å². The van der Waals surface area contributed by atoms with E-state index in [0.29, 0.717) is 19.6 Å². The van der Waals surface area contributed by atoms with E-state index in [1.54, 1.807) is 12.5 Å². The number of rotatable bonds is 8. The number of amides is 1. The molecule has 0 bridgehead atoms. The lowest BCUT2D eigenvalue weighted by Crippen LogP contribution is -2.44. The van der Waals surface area contributed by atoms with Gasteiger partial charge in [-0.25, -0.2) is 4.98 Å². The largest absolute Gasteiger partial charge is 0.375 e. The van der Waals surface area contributed by atoms with E-state index in [-0.39, 0.29) is 12.5 Å². The summed E-state index contributed by atoms with van der Waals surface area (Å²) in [4.78, 5) is 18.7. The van der Waals surface area contributed by atoms with Crippen LogP contribution in [0.3, 0.4) is 0 Å². The minimum absolute atomic E-state index is 0.198. The van der Waals surface area contributed by atoms with Crippen molar-refractivity contribution in [1.82, 2.24) is 15.3 Å². The lowest BCUT2D eigenvalue weighted by atomic mass is 10.2. The summed E-state index contributed by atoms with van der Waals surface area (Å²) >= 11 is 0. The van der Waals surface area contributed by atoms with Gasteiger partial charge in [0, 0.05) is 19.2 Å². The zero-order chi connectivity index (χ0) is 14.9. The van der Waals surface area contributed by atoms with Crippen LogP contribution in [0, 0.1) is 0 Å². The van der Waals surface area contributed by atoms with E-state index in [0.717, 1.165) is 11.3 Å². The van der Waals surface area contributed by atoms with E-state index in [1.165, 1.54) is 0 Å². The van der Waals surface area contributed by atoms with Crippen LogP contribution >= 0.6 is 0 Å². The monoisotopic (exact) mass is 288 g/mol. The van der Waals surface area contributed by atoms with Crippen molar-refractivity contribution in [3.8, 4) is 0 Å². The number of benzene rings is 1. The van der Waals surface area contributed by atoms with Crippen molar-refractivity contribution >= 4 is 5.91 Å². The molecular weight excluding hydrogens is 268 g/mol. The number of carbonyl (C=O) groups excluding carboxylic acids is 1. The van der Waals surface area contributed by atoms with E-state index in [2.05, 4.69) is 15.3 Å². The Morgan fingerprint density at radius 2 is 2.19 bits per heavy atom. The minimum Gasteiger partial charge on any atom is -0.375 e. The lowest BCUT2D eigenvalue weighted by molar-refractivity contribution is -0.123. The fourth-order valence-corrected chi connectivity index (χ4v) is 1.83. The summed E-state index contributed by atoms with van der Waals surface area (Å²) in [5, 5.41) is 2.77. The van der Waals surface area contributed by atoms with Gasteiger partial charge in [-0.15, -0.1) is 0 Å². The van der Waals surface area contributed by atoms with Crippen LogP contribution in [0.1, 0.15) is 11.3 Å². The maximum atomic E-state index is 11.8. The number of ether oxygens (including phenoxy) is 1. The molecule has 4 N–H and O–H groups in total. The van der Waals surface area contributed by atoms with Crippen LogP contribution < -0.4 is 11.1 Å². The molecule has 0 fully saturated rings. The van der Waals surface area contributed by atoms with Gasteiger partial charge in [-0.1, -0.05) is 30.3 Å². The van der Waals surface area contributed by atoms with Gasteiger partial charge in [-0.2, -0.15) is 0 Å². The number of nitrogens with zero attached hydrogens (tertiary/aromatic N) is 1. The van der Waals surface area contributed by atoms with E-state index in [1.807, 2.05) is 30.3 Å². The number of aromatic amines is 1. The standard InChI is InChI=1S/C15H20N4O2/c16-14(10-21-9-12-4-2-1-3-5-12)15(20)18-7-6-13-8-17-11-19-13/h1-5,8,11,14H,6-7,9-10,16H2,(H,17,19)(H,18,20). The average molecular weight is 288 g/mol. The topological polar surface area (TPSA) is 93.0 Å². The number of imidazole rings is 1.